The van der Waals surface area contributed by atoms with Crippen LogP contribution in [0.15, 0.2) is 79.1 Å². The Kier molecular flexibility index (Phi) is 23.6. The van der Waals surface area contributed by atoms with Gasteiger partial charge in [-0.2, -0.15) is 0 Å². The molecule has 1 aromatic heterocycles. The summed E-state index contributed by atoms with van der Waals surface area (Å²) < 4.78 is 25.6. The second kappa shape index (κ2) is 21.2. The van der Waals surface area contributed by atoms with Gasteiger partial charge in [-0.05, 0) is 43.4 Å². The van der Waals surface area contributed by atoms with Gasteiger partial charge in [0.1, 0.15) is 0 Å². The summed E-state index contributed by atoms with van der Waals surface area (Å²) in [5.74, 6) is 0.246. The predicted molar refractivity (Wildman–Crippen MR) is 169 cm³/mol. The molecule has 3 rings (SSSR count). The van der Waals surface area contributed by atoms with Crippen LogP contribution in [0.1, 0.15) is 99.8 Å². The van der Waals surface area contributed by atoms with Crippen molar-refractivity contribution in [3.8, 4) is 0 Å². The van der Waals surface area contributed by atoms with Crippen molar-refractivity contribution in [3.63, 3.8) is 0 Å². The van der Waals surface area contributed by atoms with Gasteiger partial charge in [-0.25, -0.2) is 8.87 Å². The van der Waals surface area contributed by atoms with E-state index in [1.54, 1.807) is 38.1 Å². The molecule has 0 bridgehead atoms. The van der Waals surface area contributed by atoms with Crippen LogP contribution in [0.5, 0.6) is 0 Å². The van der Waals surface area contributed by atoms with E-state index in [1.807, 2.05) is 19.9 Å². The normalized spacial score (nSPS) is 11.2. The Balaban J connectivity index is -0.000000288. The van der Waals surface area contributed by atoms with Crippen LogP contribution < -0.4 is 21.3 Å². The van der Waals surface area contributed by atoms with Gasteiger partial charge in [0, 0.05) is 23.1 Å². The second-order valence-corrected chi connectivity index (χ2v) is 10.3. The summed E-state index contributed by atoms with van der Waals surface area (Å²) in [7, 11) is 0. The first-order chi connectivity index (χ1) is 16.6. The quantitative estimate of drug-likeness (QED) is 0.251. The molecule has 7 heteroatoms. The number of benzene rings is 2. The first-order valence-corrected chi connectivity index (χ1v) is 13.2. The van der Waals surface area contributed by atoms with Gasteiger partial charge in [-0.1, -0.05) is 112 Å². The highest BCUT2D eigenvalue weighted by atomic mass is 35.5. The zero-order valence-electron chi connectivity index (χ0n) is 22.1. The van der Waals surface area contributed by atoms with E-state index in [4.69, 9.17) is 0 Å². The lowest BCUT2D eigenvalue weighted by Crippen LogP contribution is -3.00. The molecule has 40 heavy (non-hydrogen) atoms. The molecular weight excluding hydrogens is 540 g/mol. The topological polar surface area (TPSA) is 64.3 Å². The van der Waals surface area contributed by atoms with Crippen LogP contribution in [0.3, 0.4) is 0 Å². The largest absolute Gasteiger partial charge is 1.00 e. The Morgan fingerprint density at radius 3 is 1.85 bits per heavy atom. The number of carbonyl (C=O) groups is 1. The van der Waals surface area contributed by atoms with Gasteiger partial charge in [0.15, 0.2) is 18.9 Å². The number of hydrogen-bond acceptors (Lipinski definition) is 3. The zero-order chi connectivity index (χ0) is 26.0. The van der Waals surface area contributed by atoms with E-state index in [1.165, 1.54) is 17.5 Å². The fraction of sp³-hybridized carbons (Fsp3) is 0.455. The van der Waals surface area contributed by atoms with Gasteiger partial charge in [0.25, 0.3) is 0 Å². The maximum atomic E-state index is 12.3. The molecule has 3 aromatic rings. The minimum absolute atomic E-state index is 0. The lowest BCUT2D eigenvalue weighted by molar-refractivity contribution is -0.688. The summed E-state index contributed by atoms with van der Waals surface area (Å²) in [4.78, 5) is 12.3. The number of rotatable bonds is 8. The smallest absolute Gasteiger partial charge is 0.243 e. The van der Waals surface area contributed by atoms with Crippen LogP contribution in [0.2, 0.25) is 0 Å². The average molecular weight is 594 g/mol. The molecule has 0 radical (unpaired) electrons. The van der Waals surface area contributed by atoms with E-state index in [0.717, 1.165) is 16.4 Å². The minimum Gasteiger partial charge on any atom is -1.00 e. The van der Waals surface area contributed by atoms with Crippen molar-refractivity contribution in [2.75, 3.05) is 4.31 Å². The predicted octanol–water partition coefficient (Wildman–Crippen LogP) is 5.64. The highest BCUT2D eigenvalue weighted by Crippen LogP contribution is 2.27. The third-order valence-electron chi connectivity index (χ3n) is 6.37. The van der Waals surface area contributed by atoms with E-state index in [9.17, 15) is 13.6 Å². The Bertz CT molecular complexity index is 1090. The fourth-order valence-electron chi connectivity index (χ4n) is 3.32. The molecule has 5 nitrogen and oxygen atoms in total. The Hall–Kier alpha value is -2.54. The summed E-state index contributed by atoms with van der Waals surface area (Å²) in [5.41, 5.74) is 3.48. The molecule has 0 spiro atoms. The van der Waals surface area contributed by atoms with Crippen LogP contribution in [0, 0.1) is 12.3 Å². The molecule has 0 aliphatic rings. The van der Waals surface area contributed by atoms with Gasteiger partial charge >= 0.3 is 0 Å². The van der Waals surface area contributed by atoms with Gasteiger partial charge < -0.3 is 17.0 Å². The lowest BCUT2D eigenvalue weighted by atomic mass is 9.89. The summed E-state index contributed by atoms with van der Waals surface area (Å²) in [6.07, 6.45) is 5.98. The molecule has 2 atom stereocenters. The maximum Gasteiger partial charge on any atom is 0.243 e. The molecule has 1 amide bonds. The third kappa shape index (κ3) is 13.2. The number of pyridine rings is 1. The second-order valence-electron chi connectivity index (χ2n) is 9.49. The van der Waals surface area contributed by atoms with Crippen molar-refractivity contribution in [2.24, 2.45) is 5.41 Å². The summed E-state index contributed by atoms with van der Waals surface area (Å²) >= 11 is -2.61. The van der Waals surface area contributed by atoms with Gasteiger partial charge in [-0.3, -0.25) is 9.00 Å². The number of halogens is 1. The van der Waals surface area contributed by atoms with E-state index < -0.39 is 22.6 Å². The van der Waals surface area contributed by atoms with E-state index >= 15 is 0 Å². The molecule has 0 aliphatic carbocycles. The number of hydrogen-bond donors (Lipinski definition) is 0. The van der Waals surface area contributed by atoms with Crippen LogP contribution in [-0.2, 0) is 22.6 Å². The van der Waals surface area contributed by atoms with Gasteiger partial charge in [0.05, 0.1) is 17.0 Å². The fourth-order valence-corrected chi connectivity index (χ4v) is 3.99. The molecule has 2 unspecified atom stereocenters. The first kappa shape index (κ1) is 44.5. The van der Waals surface area contributed by atoms with Crippen molar-refractivity contribution in [1.82, 2.24) is 0 Å². The highest BCUT2D eigenvalue weighted by Gasteiger charge is 2.31. The summed E-state index contributed by atoms with van der Waals surface area (Å²) in [6, 6.07) is 22.0. The minimum atomic E-state index is -2.61. The van der Waals surface area contributed by atoms with Crippen molar-refractivity contribution in [1.29, 1.82) is 0 Å². The summed E-state index contributed by atoms with van der Waals surface area (Å²) in [5, 5.41) is 0. The van der Waals surface area contributed by atoms with Crippen LogP contribution >= 0.6 is 0 Å². The zero-order valence-corrected chi connectivity index (χ0v) is 23.7. The SMILES string of the molecule is C.C.C.C.CCC(C)(C)C(=O)N(c1ccc(C)cc1)S(=O)[O-].CCC(C)c1ccc(C[n+]2ccccc2)cc1.[Cl-]. The maximum absolute atomic E-state index is 12.3. The standard InChI is InChI=1S/C16H20N.C13H19NO3S.4CH4.ClH/c1-3-14(2)16-9-7-15(8-10-16)13-17-11-5-4-6-12-17;1-5-13(3,4)12(15)14(18(16)17)11-8-6-10(2)7-9-11;;;;;/h4-12,14H,3,13H2,1-2H3;6-9H,5H2,1-4H3,(H,16,17);4*1H4;1H/q+1;;;;;;/p-2. The van der Waals surface area contributed by atoms with Crippen molar-refractivity contribution >= 4 is 22.9 Å². The third-order valence-corrected chi connectivity index (χ3v) is 7.04. The van der Waals surface area contributed by atoms with Crippen LogP contribution in [-0.4, -0.2) is 14.7 Å². The van der Waals surface area contributed by atoms with Crippen molar-refractivity contribution < 1.29 is 30.5 Å². The molecule has 1 heterocycles. The van der Waals surface area contributed by atoms with Crippen LogP contribution in [0.4, 0.5) is 5.69 Å². The Morgan fingerprint density at radius 2 is 1.43 bits per heavy atom. The highest BCUT2D eigenvalue weighted by molar-refractivity contribution is 7.81. The molecular formula is C33H54ClN2O3S-. The Morgan fingerprint density at radius 1 is 0.925 bits per heavy atom. The molecule has 228 valence electrons. The number of carbonyl (C=O) groups excluding carboxylic acids is 1. The molecule has 0 saturated carbocycles. The van der Waals surface area contributed by atoms with E-state index in [0.29, 0.717) is 18.0 Å². The van der Waals surface area contributed by atoms with Crippen LogP contribution in [0.25, 0.3) is 0 Å². The molecule has 2 aromatic carbocycles. The number of amides is 1. The first-order valence-electron chi connectivity index (χ1n) is 12.1. The number of aromatic nitrogens is 1. The number of nitrogens with zero attached hydrogens (tertiary/aromatic N) is 2. The van der Waals surface area contributed by atoms with Gasteiger partial charge in [-0.15, -0.1) is 0 Å². The lowest BCUT2D eigenvalue weighted by Gasteiger charge is -2.32. The van der Waals surface area contributed by atoms with E-state index in [-0.39, 0.29) is 42.1 Å². The Labute approximate surface area is 254 Å². The number of anilines is 1. The van der Waals surface area contributed by atoms with Crippen molar-refractivity contribution in [3.05, 3.63) is 95.8 Å². The molecule has 0 aliphatic heterocycles. The molecule has 0 saturated heterocycles. The average Bonchev–Trinajstić information content (AvgIpc) is 2.86. The monoisotopic (exact) mass is 593 g/mol. The van der Waals surface area contributed by atoms with Crippen molar-refractivity contribution in [2.45, 2.75) is 96.6 Å². The van der Waals surface area contributed by atoms with E-state index in [2.05, 4.69) is 67.2 Å². The number of aryl methyl sites for hydroxylation is 1. The van der Waals surface area contributed by atoms with Gasteiger partial charge in [0.2, 0.25) is 5.91 Å². The summed E-state index contributed by atoms with van der Waals surface area (Å²) in [6.45, 7) is 12.7. The molecule has 0 fully saturated rings. The molecule has 0 N–H and O–H groups in total.